The number of para-hydroxylation sites is 1. The van der Waals surface area contributed by atoms with Crippen LogP contribution in [0.2, 0.25) is 0 Å². The van der Waals surface area contributed by atoms with Gasteiger partial charge in [-0.3, -0.25) is 9.69 Å². The van der Waals surface area contributed by atoms with Crippen molar-refractivity contribution in [2.45, 2.75) is 58.6 Å². The summed E-state index contributed by atoms with van der Waals surface area (Å²) in [5, 5.41) is 0.388. The van der Waals surface area contributed by atoms with Gasteiger partial charge < -0.3 is 9.15 Å². The van der Waals surface area contributed by atoms with Crippen LogP contribution in [0.3, 0.4) is 0 Å². The van der Waals surface area contributed by atoms with Crippen LogP contribution < -0.4 is 5.43 Å². The molecule has 1 atom stereocenters. The smallest absolute Gasteiger partial charge is 0.342 e. The quantitative estimate of drug-likeness (QED) is 0.492. The van der Waals surface area contributed by atoms with Crippen LogP contribution in [0.15, 0.2) is 57.7 Å². The average Bonchev–Trinajstić information content (AvgIpc) is 2.77. The normalized spacial score (nSPS) is 17.4. The number of piperidine rings is 1. The summed E-state index contributed by atoms with van der Waals surface area (Å²) in [4.78, 5) is 28.7. The highest BCUT2D eigenvalue weighted by Crippen LogP contribution is 2.29. The van der Waals surface area contributed by atoms with Crippen LogP contribution in [0.5, 0.6) is 0 Å². The number of ether oxygens (including phenoxy) is 1. The van der Waals surface area contributed by atoms with Gasteiger partial charge >= 0.3 is 5.97 Å². The van der Waals surface area contributed by atoms with E-state index in [2.05, 4.69) is 11.8 Å². The first-order valence-electron chi connectivity index (χ1n) is 11.4. The molecule has 1 aliphatic heterocycles. The number of likely N-dealkylation sites (tertiary alicyclic amines) is 1. The Hall–Kier alpha value is -2.92. The number of esters is 1. The summed E-state index contributed by atoms with van der Waals surface area (Å²) >= 11 is 0. The van der Waals surface area contributed by atoms with Gasteiger partial charge in [0.15, 0.2) is 11.0 Å². The van der Waals surface area contributed by atoms with Crippen molar-refractivity contribution in [1.29, 1.82) is 0 Å². The molecule has 32 heavy (non-hydrogen) atoms. The Labute approximate surface area is 189 Å². The molecule has 0 amide bonds. The molecular formula is C27H31NO4. The summed E-state index contributed by atoms with van der Waals surface area (Å²) in [5.41, 5.74) is 1.06. The number of hydrogen-bond acceptors (Lipinski definition) is 5. The van der Waals surface area contributed by atoms with Gasteiger partial charge in [0.25, 0.3) is 0 Å². The van der Waals surface area contributed by atoms with Crippen LogP contribution in [0.1, 0.15) is 56.0 Å². The summed E-state index contributed by atoms with van der Waals surface area (Å²) in [6.45, 7) is 9.54. The zero-order valence-electron chi connectivity index (χ0n) is 19.3. The molecule has 0 N–H and O–H groups in total. The predicted octanol–water partition coefficient (Wildman–Crippen LogP) is 5.58. The molecule has 4 rings (SSSR count). The summed E-state index contributed by atoms with van der Waals surface area (Å²) in [7, 11) is 0. The molecule has 1 aliphatic rings. The molecule has 1 fully saturated rings. The first kappa shape index (κ1) is 22.3. The third kappa shape index (κ3) is 4.49. The molecule has 2 heterocycles. The maximum atomic E-state index is 13.2. The van der Waals surface area contributed by atoms with E-state index in [0.717, 1.165) is 12.1 Å². The van der Waals surface area contributed by atoms with Gasteiger partial charge in [0.1, 0.15) is 16.9 Å². The summed E-state index contributed by atoms with van der Waals surface area (Å²) in [6.07, 6.45) is 3.58. The molecule has 1 unspecified atom stereocenters. The number of hydrogen-bond donors (Lipinski definition) is 0. The molecular weight excluding hydrogens is 402 g/mol. The van der Waals surface area contributed by atoms with Crippen molar-refractivity contribution in [2.24, 2.45) is 0 Å². The number of nitrogens with zero attached hydrogens (tertiary/aromatic N) is 1. The Kier molecular flexibility index (Phi) is 6.20. The second kappa shape index (κ2) is 8.91. The van der Waals surface area contributed by atoms with Crippen molar-refractivity contribution in [3.8, 4) is 11.3 Å². The highest BCUT2D eigenvalue weighted by atomic mass is 16.6. The third-order valence-electron chi connectivity index (χ3n) is 6.29. The summed E-state index contributed by atoms with van der Waals surface area (Å²) < 4.78 is 12.1. The standard InChI is InChI=1S/C27H31NO4/c1-18-11-8-9-16-28(18)17-27(3,4)32-26(30)22-15-10-14-21-23(29)19(2)24(31-25(21)22)20-12-6-5-7-13-20/h5-7,10,12-15,18H,8-9,11,16-17H2,1-4H3. The first-order valence-corrected chi connectivity index (χ1v) is 11.4. The second-order valence-electron chi connectivity index (χ2n) is 9.40. The van der Waals surface area contributed by atoms with E-state index in [1.807, 2.05) is 44.2 Å². The number of fused-ring (bicyclic) bond motifs is 1. The van der Waals surface area contributed by atoms with Crippen molar-refractivity contribution < 1.29 is 13.9 Å². The van der Waals surface area contributed by atoms with E-state index >= 15 is 0 Å². The maximum Gasteiger partial charge on any atom is 0.342 e. The van der Waals surface area contributed by atoms with Crippen molar-refractivity contribution in [3.63, 3.8) is 0 Å². The lowest BCUT2D eigenvalue weighted by Gasteiger charge is -2.38. The number of benzene rings is 2. The van der Waals surface area contributed by atoms with E-state index in [-0.39, 0.29) is 16.6 Å². The molecule has 1 aromatic heterocycles. The lowest BCUT2D eigenvalue weighted by molar-refractivity contribution is -0.0258. The molecule has 0 spiro atoms. The van der Waals surface area contributed by atoms with Crippen LogP contribution >= 0.6 is 0 Å². The van der Waals surface area contributed by atoms with E-state index in [9.17, 15) is 9.59 Å². The molecule has 0 aliphatic carbocycles. The molecule has 3 aromatic rings. The molecule has 0 radical (unpaired) electrons. The molecule has 0 bridgehead atoms. The second-order valence-corrected chi connectivity index (χ2v) is 9.40. The fraction of sp³-hybridized carbons (Fsp3) is 0.407. The zero-order chi connectivity index (χ0) is 22.9. The van der Waals surface area contributed by atoms with Crippen LogP contribution in [0.25, 0.3) is 22.3 Å². The Bertz CT molecular complexity index is 1180. The number of carbonyl (C=O) groups excluding carboxylic acids is 1. The van der Waals surface area contributed by atoms with Crippen LogP contribution in [-0.4, -0.2) is 35.6 Å². The minimum atomic E-state index is -0.669. The topological polar surface area (TPSA) is 59.8 Å². The SMILES string of the molecule is Cc1c(-c2ccccc2)oc2c(C(=O)OC(C)(C)CN3CCCCC3C)cccc2c1=O. The summed E-state index contributed by atoms with van der Waals surface area (Å²) in [5.74, 6) is 0.000953. The lowest BCUT2D eigenvalue weighted by Crippen LogP contribution is -2.47. The number of rotatable bonds is 5. The van der Waals surface area contributed by atoms with E-state index < -0.39 is 11.6 Å². The fourth-order valence-corrected chi connectivity index (χ4v) is 4.55. The van der Waals surface area contributed by atoms with Gasteiger partial charge in [-0.05, 0) is 59.2 Å². The Morgan fingerprint density at radius 2 is 1.88 bits per heavy atom. The van der Waals surface area contributed by atoms with E-state index in [1.165, 1.54) is 19.3 Å². The highest BCUT2D eigenvalue weighted by Gasteiger charge is 2.31. The van der Waals surface area contributed by atoms with E-state index in [0.29, 0.717) is 29.3 Å². The molecule has 0 saturated carbocycles. The molecule has 168 valence electrons. The van der Waals surface area contributed by atoms with E-state index in [4.69, 9.17) is 9.15 Å². The van der Waals surface area contributed by atoms with Gasteiger partial charge in [-0.2, -0.15) is 0 Å². The molecule has 2 aromatic carbocycles. The van der Waals surface area contributed by atoms with Gasteiger partial charge in [-0.25, -0.2) is 4.79 Å². The molecule has 5 nitrogen and oxygen atoms in total. The first-order chi connectivity index (χ1) is 15.3. The van der Waals surface area contributed by atoms with Crippen LogP contribution in [-0.2, 0) is 4.74 Å². The van der Waals surface area contributed by atoms with Crippen molar-refractivity contribution in [1.82, 2.24) is 4.90 Å². The maximum absolute atomic E-state index is 13.2. The van der Waals surface area contributed by atoms with Gasteiger partial charge in [-0.1, -0.05) is 42.8 Å². The van der Waals surface area contributed by atoms with Gasteiger partial charge in [0.05, 0.1) is 5.39 Å². The fourth-order valence-electron chi connectivity index (χ4n) is 4.55. The Morgan fingerprint density at radius 1 is 1.12 bits per heavy atom. The van der Waals surface area contributed by atoms with E-state index in [1.54, 1.807) is 25.1 Å². The third-order valence-corrected chi connectivity index (χ3v) is 6.29. The Balaban J connectivity index is 1.68. The monoisotopic (exact) mass is 433 g/mol. The lowest BCUT2D eigenvalue weighted by atomic mass is 10.00. The van der Waals surface area contributed by atoms with Crippen molar-refractivity contribution in [3.05, 3.63) is 69.9 Å². The summed E-state index contributed by atoms with van der Waals surface area (Å²) in [6, 6.07) is 15.0. The average molecular weight is 434 g/mol. The van der Waals surface area contributed by atoms with Gasteiger partial charge in [0.2, 0.25) is 0 Å². The van der Waals surface area contributed by atoms with Crippen LogP contribution in [0, 0.1) is 6.92 Å². The minimum Gasteiger partial charge on any atom is -0.455 e. The van der Waals surface area contributed by atoms with Crippen molar-refractivity contribution >= 4 is 16.9 Å². The van der Waals surface area contributed by atoms with Crippen LogP contribution in [0.4, 0.5) is 0 Å². The zero-order valence-corrected chi connectivity index (χ0v) is 19.3. The molecule has 5 heteroatoms. The largest absolute Gasteiger partial charge is 0.455 e. The predicted molar refractivity (Wildman–Crippen MR) is 127 cm³/mol. The van der Waals surface area contributed by atoms with Gasteiger partial charge in [0, 0.05) is 23.7 Å². The van der Waals surface area contributed by atoms with Crippen molar-refractivity contribution in [2.75, 3.05) is 13.1 Å². The Morgan fingerprint density at radius 3 is 2.59 bits per heavy atom. The molecule has 1 saturated heterocycles. The number of carbonyl (C=O) groups is 1. The van der Waals surface area contributed by atoms with Gasteiger partial charge in [-0.15, -0.1) is 0 Å². The highest BCUT2D eigenvalue weighted by molar-refractivity contribution is 6.02. The minimum absolute atomic E-state index is 0.138.